The molecule has 0 aromatic heterocycles. The van der Waals surface area contributed by atoms with Crippen molar-refractivity contribution in [3.05, 3.63) is 35.6 Å². The van der Waals surface area contributed by atoms with E-state index in [2.05, 4.69) is 5.32 Å². The molecule has 1 heterocycles. The number of nitrogens with zero attached hydrogens (tertiary/aromatic N) is 1. The molecule has 5 heteroatoms. The third-order valence-corrected chi connectivity index (χ3v) is 3.47. The molecule has 1 saturated heterocycles. The van der Waals surface area contributed by atoms with E-state index in [1.807, 2.05) is 0 Å². The molecule has 1 aromatic rings. The van der Waals surface area contributed by atoms with Gasteiger partial charge in [-0.2, -0.15) is 0 Å². The van der Waals surface area contributed by atoms with Crippen molar-refractivity contribution in [1.29, 1.82) is 0 Å². The molecule has 1 N–H and O–H groups in total. The molecule has 1 aliphatic rings. The molecule has 0 aliphatic carbocycles. The Morgan fingerprint density at radius 3 is 2.25 bits per heavy atom. The standard InChI is InChI=1S/C15H19FN2O2/c16-13-7-5-12(6-8-13)15(20)17-11-14(19)18-9-3-1-2-4-10-18/h5-8H,1-4,9-11H2,(H,17,20). The first kappa shape index (κ1) is 14.5. The van der Waals surface area contributed by atoms with Gasteiger partial charge in [-0.05, 0) is 37.1 Å². The average Bonchev–Trinajstić information content (AvgIpc) is 2.74. The summed E-state index contributed by atoms with van der Waals surface area (Å²) in [5, 5.41) is 2.58. The van der Waals surface area contributed by atoms with Gasteiger partial charge in [0.15, 0.2) is 0 Å². The number of likely N-dealkylation sites (tertiary alicyclic amines) is 1. The zero-order valence-electron chi connectivity index (χ0n) is 11.4. The highest BCUT2D eigenvalue weighted by molar-refractivity contribution is 5.96. The van der Waals surface area contributed by atoms with Gasteiger partial charge in [-0.1, -0.05) is 12.8 Å². The molecule has 2 rings (SSSR count). The maximum Gasteiger partial charge on any atom is 0.251 e. The first-order valence-corrected chi connectivity index (χ1v) is 6.98. The molecule has 0 unspecified atom stereocenters. The Hall–Kier alpha value is -1.91. The molecule has 0 radical (unpaired) electrons. The van der Waals surface area contributed by atoms with Crippen LogP contribution >= 0.6 is 0 Å². The van der Waals surface area contributed by atoms with Crippen LogP contribution in [0.2, 0.25) is 0 Å². The number of hydrogen-bond donors (Lipinski definition) is 1. The predicted molar refractivity (Wildman–Crippen MR) is 73.8 cm³/mol. The van der Waals surface area contributed by atoms with Gasteiger partial charge < -0.3 is 10.2 Å². The number of nitrogens with one attached hydrogen (secondary N) is 1. The molecule has 0 bridgehead atoms. The fourth-order valence-electron chi connectivity index (χ4n) is 2.29. The highest BCUT2D eigenvalue weighted by Crippen LogP contribution is 2.09. The lowest BCUT2D eigenvalue weighted by molar-refractivity contribution is -0.130. The summed E-state index contributed by atoms with van der Waals surface area (Å²) in [5.41, 5.74) is 0.357. The molecule has 1 aromatic carbocycles. The van der Waals surface area contributed by atoms with Crippen LogP contribution in [0.5, 0.6) is 0 Å². The Bertz CT molecular complexity index is 465. The van der Waals surface area contributed by atoms with Crippen molar-refractivity contribution in [2.45, 2.75) is 25.7 Å². The van der Waals surface area contributed by atoms with Gasteiger partial charge in [-0.25, -0.2) is 4.39 Å². The molecule has 108 valence electrons. The third kappa shape index (κ3) is 4.05. The van der Waals surface area contributed by atoms with Crippen LogP contribution in [0.4, 0.5) is 4.39 Å². The fourth-order valence-corrected chi connectivity index (χ4v) is 2.29. The third-order valence-electron chi connectivity index (χ3n) is 3.47. The molecule has 0 atom stereocenters. The predicted octanol–water partition coefficient (Wildman–Crippen LogP) is 1.96. The molecule has 0 spiro atoms. The zero-order valence-corrected chi connectivity index (χ0v) is 11.4. The topological polar surface area (TPSA) is 49.4 Å². The maximum atomic E-state index is 12.8. The molecular formula is C15H19FN2O2. The lowest BCUT2D eigenvalue weighted by atomic mass is 10.2. The van der Waals surface area contributed by atoms with Crippen LogP contribution in [-0.4, -0.2) is 36.3 Å². The second kappa shape index (κ2) is 7.03. The van der Waals surface area contributed by atoms with Crippen molar-refractivity contribution in [3.8, 4) is 0 Å². The number of amides is 2. The Morgan fingerprint density at radius 1 is 1.05 bits per heavy atom. The van der Waals surface area contributed by atoms with Crippen LogP contribution in [-0.2, 0) is 4.79 Å². The first-order valence-electron chi connectivity index (χ1n) is 6.98. The van der Waals surface area contributed by atoms with E-state index in [1.165, 1.54) is 24.3 Å². The van der Waals surface area contributed by atoms with Gasteiger partial charge in [0.1, 0.15) is 5.82 Å². The van der Waals surface area contributed by atoms with E-state index >= 15 is 0 Å². The summed E-state index contributed by atoms with van der Waals surface area (Å²) < 4.78 is 12.8. The van der Waals surface area contributed by atoms with Crippen molar-refractivity contribution in [2.24, 2.45) is 0 Å². The molecule has 20 heavy (non-hydrogen) atoms. The molecule has 1 aliphatic heterocycles. The average molecular weight is 278 g/mol. The summed E-state index contributed by atoms with van der Waals surface area (Å²) in [5.74, 6) is -0.794. The number of benzene rings is 1. The Labute approximate surface area is 118 Å². The van der Waals surface area contributed by atoms with E-state index in [1.54, 1.807) is 4.90 Å². The summed E-state index contributed by atoms with van der Waals surface area (Å²) in [6, 6.07) is 5.26. The van der Waals surface area contributed by atoms with Crippen LogP contribution in [0.25, 0.3) is 0 Å². The van der Waals surface area contributed by atoms with Gasteiger partial charge in [0.25, 0.3) is 5.91 Å². The first-order chi connectivity index (χ1) is 9.66. The molecule has 0 saturated carbocycles. The van der Waals surface area contributed by atoms with Crippen molar-refractivity contribution >= 4 is 11.8 Å². The van der Waals surface area contributed by atoms with Gasteiger partial charge in [-0.3, -0.25) is 9.59 Å². The van der Waals surface area contributed by atoms with Crippen LogP contribution in [0, 0.1) is 5.82 Å². The summed E-state index contributed by atoms with van der Waals surface area (Å²) in [4.78, 5) is 25.6. The molecule has 1 fully saturated rings. The van der Waals surface area contributed by atoms with Crippen LogP contribution in [0.1, 0.15) is 36.0 Å². The Balaban J connectivity index is 1.83. The molecule has 4 nitrogen and oxygen atoms in total. The Morgan fingerprint density at radius 2 is 1.65 bits per heavy atom. The number of rotatable bonds is 3. The second-order valence-electron chi connectivity index (χ2n) is 4.98. The van der Waals surface area contributed by atoms with E-state index in [4.69, 9.17) is 0 Å². The normalized spacial score (nSPS) is 15.6. The monoisotopic (exact) mass is 278 g/mol. The molecular weight excluding hydrogens is 259 g/mol. The number of halogens is 1. The van der Waals surface area contributed by atoms with E-state index in [0.717, 1.165) is 38.8 Å². The fraction of sp³-hybridized carbons (Fsp3) is 0.467. The maximum absolute atomic E-state index is 12.8. The van der Waals surface area contributed by atoms with Gasteiger partial charge in [0.05, 0.1) is 6.54 Å². The van der Waals surface area contributed by atoms with Gasteiger partial charge >= 0.3 is 0 Å². The van der Waals surface area contributed by atoms with Crippen LogP contribution < -0.4 is 5.32 Å². The van der Waals surface area contributed by atoms with Crippen molar-refractivity contribution in [3.63, 3.8) is 0 Å². The van der Waals surface area contributed by atoms with Crippen molar-refractivity contribution < 1.29 is 14.0 Å². The van der Waals surface area contributed by atoms with Crippen molar-refractivity contribution in [1.82, 2.24) is 10.2 Å². The molecule has 2 amide bonds. The SMILES string of the molecule is O=C(NCC(=O)N1CCCCCC1)c1ccc(F)cc1. The Kier molecular flexibility index (Phi) is 5.09. The minimum absolute atomic E-state index is 0.00376. The smallest absolute Gasteiger partial charge is 0.251 e. The minimum Gasteiger partial charge on any atom is -0.343 e. The highest BCUT2D eigenvalue weighted by Gasteiger charge is 2.16. The van der Waals surface area contributed by atoms with Gasteiger partial charge in [-0.15, -0.1) is 0 Å². The summed E-state index contributed by atoms with van der Waals surface area (Å²) >= 11 is 0. The summed E-state index contributed by atoms with van der Waals surface area (Å²) in [7, 11) is 0. The lowest BCUT2D eigenvalue weighted by Crippen LogP contribution is -2.40. The van der Waals surface area contributed by atoms with Gasteiger partial charge in [0, 0.05) is 18.7 Å². The quantitative estimate of drug-likeness (QED) is 0.919. The van der Waals surface area contributed by atoms with Crippen LogP contribution in [0.15, 0.2) is 24.3 Å². The van der Waals surface area contributed by atoms with Crippen molar-refractivity contribution in [2.75, 3.05) is 19.6 Å². The van der Waals surface area contributed by atoms with E-state index < -0.39 is 0 Å². The zero-order chi connectivity index (χ0) is 14.4. The number of carbonyl (C=O) groups excluding carboxylic acids is 2. The number of carbonyl (C=O) groups is 2. The van der Waals surface area contributed by atoms with Crippen LogP contribution in [0.3, 0.4) is 0 Å². The van der Waals surface area contributed by atoms with Gasteiger partial charge in [0.2, 0.25) is 5.91 Å². The largest absolute Gasteiger partial charge is 0.343 e. The van der Waals surface area contributed by atoms with E-state index in [-0.39, 0.29) is 24.2 Å². The van der Waals surface area contributed by atoms with E-state index in [0.29, 0.717) is 5.56 Å². The lowest BCUT2D eigenvalue weighted by Gasteiger charge is -2.20. The summed E-state index contributed by atoms with van der Waals surface area (Å²) in [6.07, 6.45) is 4.37. The summed E-state index contributed by atoms with van der Waals surface area (Å²) in [6.45, 7) is 1.53. The minimum atomic E-state index is -0.387. The highest BCUT2D eigenvalue weighted by atomic mass is 19.1. The number of hydrogen-bond acceptors (Lipinski definition) is 2. The van der Waals surface area contributed by atoms with E-state index in [9.17, 15) is 14.0 Å². The second-order valence-corrected chi connectivity index (χ2v) is 4.98.